The Hall–Kier alpha value is -0.610. The molecule has 2 fully saturated rings. The van der Waals surface area contributed by atoms with Crippen LogP contribution in [0.25, 0.3) is 0 Å². The van der Waals surface area contributed by atoms with E-state index in [0.717, 1.165) is 32.5 Å². The molecule has 1 amide bonds. The number of carbonyl (C=O) groups is 1. The number of nitrogens with one attached hydrogen (secondary N) is 2. The number of hydrazine groups is 1. The zero-order valence-corrected chi connectivity index (χ0v) is 9.30. The standard InChI is InChI=1S/C11H21N3O/c15-11-5-3-8-14(13-11)9-6-10-4-1-2-7-12-10/h10,12H,1-9H2,(H,13,15). The van der Waals surface area contributed by atoms with E-state index in [2.05, 4.69) is 15.8 Å². The summed E-state index contributed by atoms with van der Waals surface area (Å²) in [5.74, 6) is 0.179. The van der Waals surface area contributed by atoms with Gasteiger partial charge in [-0.05, 0) is 32.2 Å². The van der Waals surface area contributed by atoms with Gasteiger partial charge in [0, 0.05) is 25.6 Å². The highest BCUT2D eigenvalue weighted by Gasteiger charge is 2.18. The average molecular weight is 211 g/mol. The lowest BCUT2D eigenvalue weighted by Gasteiger charge is -2.30. The summed E-state index contributed by atoms with van der Waals surface area (Å²) in [6, 6.07) is 0.664. The first-order valence-electron chi connectivity index (χ1n) is 6.12. The van der Waals surface area contributed by atoms with E-state index in [0.29, 0.717) is 12.5 Å². The summed E-state index contributed by atoms with van der Waals surface area (Å²) in [7, 11) is 0. The molecule has 2 rings (SSSR count). The van der Waals surface area contributed by atoms with Crippen molar-refractivity contribution in [1.29, 1.82) is 0 Å². The fraction of sp³-hybridized carbons (Fsp3) is 0.909. The molecular formula is C11H21N3O. The monoisotopic (exact) mass is 211 g/mol. The topological polar surface area (TPSA) is 44.4 Å². The Kier molecular flexibility index (Phi) is 3.97. The average Bonchev–Trinajstić information content (AvgIpc) is 2.28. The molecule has 2 saturated heterocycles. The molecule has 15 heavy (non-hydrogen) atoms. The van der Waals surface area contributed by atoms with Crippen LogP contribution in [0.15, 0.2) is 0 Å². The maximum atomic E-state index is 11.2. The first-order chi connectivity index (χ1) is 7.34. The first kappa shape index (κ1) is 10.9. The van der Waals surface area contributed by atoms with Crippen LogP contribution in [0.4, 0.5) is 0 Å². The van der Waals surface area contributed by atoms with Crippen LogP contribution in [0.3, 0.4) is 0 Å². The number of nitrogens with zero attached hydrogens (tertiary/aromatic N) is 1. The minimum atomic E-state index is 0.179. The minimum Gasteiger partial charge on any atom is -0.314 e. The van der Waals surface area contributed by atoms with E-state index in [1.54, 1.807) is 0 Å². The van der Waals surface area contributed by atoms with E-state index in [1.807, 2.05) is 0 Å². The lowest BCUT2D eigenvalue weighted by atomic mass is 10.0. The van der Waals surface area contributed by atoms with Gasteiger partial charge in [-0.25, -0.2) is 5.01 Å². The van der Waals surface area contributed by atoms with E-state index in [9.17, 15) is 4.79 Å². The van der Waals surface area contributed by atoms with Crippen LogP contribution < -0.4 is 10.7 Å². The largest absolute Gasteiger partial charge is 0.314 e. The lowest BCUT2D eigenvalue weighted by Crippen LogP contribution is -2.48. The molecule has 4 heteroatoms. The zero-order valence-electron chi connectivity index (χ0n) is 9.30. The Labute approximate surface area is 91.4 Å². The highest BCUT2D eigenvalue weighted by Crippen LogP contribution is 2.11. The van der Waals surface area contributed by atoms with E-state index >= 15 is 0 Å². The van der Waals surface area contributed by atoms with Crippen molar-refractivity contribution >= 4 is 5.91 Å². The van der Waals surface area contributed by atoms with E-state index in [1.165, 1.54) is 19.3 Å². The number of hydrogen-bond donors (Lipinski definition) is 2. The summed E-state index contributed by atoms with van der Waals surface area (Å²) in [4.78, 5) is 11.2. The molecule has 2 heterocycles. The van der Waals surface area contributed by atoms with Gasteiger partial charge in [0.25, 0.3) is 0 Å². The number of rotatable bonds is 3. The predicted molar refractivity (Wildman–Crippen MR) is 59.2 cm³/mol. The van der Waals surface area contributed by atoms with Gasteiger partial charge in [-0.15, -0.1) is 0 Å². The third-order valence-electron chi connectivity index (χ3n) is 3.27. The van der Waals surface area contributed by atoms with Gasteiger partial charge in [-0.2, -0.15) is 0 Å². The third-order valence-corrected chi connectivity index (χ3v) is 3.27. The molecule has 86 valence electrons. The van der Waals surface area contributed by atoms with Crippen molar-refractivity contribution in [3.05, 3.63) is 0 Å². The van der Waals surface area contributed by atoms with Crippen molar-refractivity contribution in [3.63, 3.8) is 0 Å². The van der Waals surface area contributed by atoms with Gasteiger partial charge in [0.05, 0.1) is 0 Å². The van der Waals surface area contributed by atoms with Crippen LogP contribution in [-0.2, 0) is 4.79 Å². The maximum Gasteiger partial charge on any atom is 0.234 e. The second-order valence-electron chi connectivity index (χ2n) is 4.56. The fourth-order valence-electron chi connectivity index (χ4n) is 2.37. The second kappa shape index (κ2) is 5.47. The molecule has 0 bridgehead atoms. The molecule has 1 unspecified atom stereocenters. The number of hydrogen-bond acceptors (Lipinski definition) is 3. The Morgan fingerprint density at radius 3 is 3.00 bits per heavy atom. The van der Waals surface area contributed by atoms with Crippen LogP contribution >= 0.6 is 0 Å². The molecule has 2 aliphatic heterocycles. The summed E-state index contributed by atoms with van der Waals surface area (Å²) in [5.41, 5.74) is 2.92. The summed E-state index contributed by atoms with van der Waals surface area (Å²) in [6.45, 7) is 3.17. The molecule has 2 N–H and O–H groups in total. The zero-order chi connectivity index (χ0) is 10.5. The molecule has 0 aromatic heterocycles. The third kappa shape index (κ3) is 3.47. The molecule has 0 aliphatic carbocycles. The van der Waals surface area contributed by atoms with Crippen LogP contribution in [-0.4, -0.2) is 36.6 Å². The quantitative estimate of drug-likeness (QED) is 0.720. The van der Waals surface area contributed by atoms with E-state index in [-0.39, 0.29) is 5.91 Å². The van der Waals surface area contributed by atoms with Gasteiger partial charge in [-0.3, -0.25) is 10.2 Å². The van der Waals surface area contributed by atoms with Crippen molar-refractivity contribution in [2.45, 2.75) is 44.6 Å². The SMILES string of the molecule is O=C1CCCN(CCC2CCCCN2)N1. The summed E-state index contributed by atoms with van der Waals surface area (Å²) in [6.07, 6.45) is 6.81. The summed E-state index contributed by atoms with van der Waals surface area (Å²) in [5, 5.41) is 5.60. The Balaban J connectivity index is 1.65. The van der Waals surface area contributed by atoms with Gasteiger partial charge in [0.2, 0.25) is 5.91 Å². The second-order valence-corrected chi connectivity index (χ2v) is 4.56. The fourth-order valence-corrected chi connectivity index (χ4v) is 2.37. The summed E-state index contributed by atoms with van der Waals surface area (Å²) >= 11 is 0. The van der Waals surface area contributed by atoms with Crippen molar-refractivity contribution in [2.24, 2.45) is 0 Å². The van der Waals surface area contributed by atoms with E-state index in [4.69, 9.17) is 0 Å². The highest BCUT2D eigenvalue weighted by atomic mass is 16.2. The van der Waals surface area contributed by atoms with Crippen molar-refractivity contribution < 1.29 is 4.79 Å². The maximum absolute atomic E-state index is 11.2. The molecule has 4 nitrogen and oxygen atoms in total. The first-order valence-corrected chi connectivity index (χ1v) is 6.12. The van der Waals surface area contributed by atoms with Gasteiger partial charge >= 0.3 is 0 Å². The summed E-state index contributed by atoms with van der Waals surface area (Å²) < 4.78 is 0. The molecule has 2 aliphatic rings. The Morgan fingerprint density at radius 1 is 1.33 bits per heavy atom. The van der Waals surface area contributed by atoms with Crippen LogP contribution in [0, 0.1) is 0 Å². The molecule has 0 saturated carbocycles. The van der Waals surface area contributed by atoms with Crippen LogP contribution in [0.5, 0.6) is 0 Å². The van der Waals surface area contributed by atoms with Crippen LogP contribution in [0.1, 0.15) is 38.5 Å². The number of carbonyl (C=O) groups excluding carboxylic acids is 1. The molecule has 0 aromatic rings. The Morgan fingerprint density at radius 2 is 2.27 bits per heavy atom. The molecular weight excluding hydrogens is 190 g/mol. The number of piperidine rings is 1. The van der Waals surface area contributed by atoms with Crippen molar-refractivity contribution in [1.82, 2.24) is 15.8 Å². The Bertz CT molecular complexity index is 214. The van der Waals surface area contributed by atoms with Crippen LogP contribution in [0.2, 0.25) is 0 Å². The number of amides is 1. The van der Waals surface area contributed by atoms with Gasteiger partial charge in [0.15, 0.2) is 0 Å². The van der Waals surface area contributed by atoms with Gasteiger partial charge in [-0.1, -0.05) is 6.42 Å². The van der Waals surface area contributed by atoms with Crippen molar-refractivity contribution in [2.75, 3.05) is 19.6 Å². The molecule has 1 atom stereocenters. The normalized spacial score (nSPS) is 28.8. The molecule has 0 aromatic carbocycles. The van der Waals surface area contributed by atoms with E-state index < -0.39 is 0 Å². The van der Waals surface area contributed by atoms with Gasteiger partial charge < -0.3 is 5.32 Å². The lowest BCUT2D eigenvalue weighted by molar-refractivity contribution is -0.128. The highest BCUT2D eigenvalue weighted by molar-refractivity contribution is 5.75. The molecule has 0 radical (unpaired) electrons. The molecule has 0 spiro atoms. The minimum absolute atomic E-state index is 0.179. The predicted octanol–water partition coefficient (Wildman–Crippen LogP) is 0.646. The smallest absolute Gasteiger partial charge is 0.234 e. The van der Waals surface area contributed by atoms with Crippen molar-refractivity contribution in [3.8, 4) is 0 Å². The van der Waals surface area contributed by atoms with Gasteiger partial charge in [0.1, 0.15) is 0 Å².